The predicted octanol–water partition coefficient (Wildman–Crippen LogP) is 0.714. The molecule has 0 bridgehead atoms. The van der Waals surface area contributed by atoms with Crippen LogP contribution in [-0.2, 0) is 9.53 Å². The smallest absolute Gasteiger partial charge is 0.305 e. The van der Waals surface area contributed by atoms with Gasteiger partial charge in [-0.15, -0.1) is 6.42 Å². The predicted molar refractivity (Wildman–Crippen MR) is 45.3 cm³/mol. The van der Waals surface area contributed by atoms with Gasteiger partial charge in [-0.3, -0.25) is 4.79 Å². The number of hydrogen-bond acceptors (Lipinski definition) is 3. The van der Waals surface area contributed by atoms with Gasteiger partial charge in [0.1, 0.15) is 6.10 Å². The lowest BCUT2D eigenvalue weighted by Crippen LogP contribution is -2.03. The minimum Gasteiger partial charge on any atom is -0.469 e. The highest BCUT2D eigenvalue weighted by Crippen LogP contribution is 2.03. The first-order valence-electron chi connectivity index (χ1n) is 3.91. The molecule has 1 N–H and O–H groups in total. The molecule has 0 aliphatic rings. The summed E-state index contributed by atoms with van der Waals surface area (Å²) in [7, 11) is 1.36. The molecule has 3 nitrogen and oxygen atoms in total. The Morgan fingerprint density at radius 2 is 2.33 bits per heavy atom. The van der Waals surface area contributed by atoms with Crippen LogP contribution in [0.3, 0.4) is 0 Å². The van der Waals surface area contributed by atoms with Crippen LogP contribution in [0.1, 0.15) is 25.7 Å². The van der Waals surface area contributed by atoms with Gasteiger partial charge in [0, 0.05) is 6.42 Å². The third-order valence-electron chi connectivity index (χ3n) is 1.53. The molecule has 0 rings (SSSR count). The van der Waals surface area contributed by atoms with Crippen LogP contribution in [-0.4, -0.2) is 24.3 Å². The lowest BCUT2D eigenvalue weighted by atomic mass is 10.1. The first-order valence-corrected chi connectivity index (χ1v) is 3.91. The third-order valence-corrected chi connectivity index (χ3v) is 1.53. The zero-order valence-electron chi connectivity index (χ0n) is 7.25. The quantitative estimate of drug-likeness (QED) is 0.375. The fourth-order valence-corrected chi connectivity index (χ4v) is 0.792. The van der Waals surface area contributed by atoms with Crippen LogP contribution in [0.5, 0.6) is 0 Å². The second kappa shape index (κ2) is 6.68. The molecule has 0 fully saturated rings. The van der Waals surface area contributed by atoms with E-state index in [1.165, 1.54) is 7.11 Å². The molecule has 0 aromatic rings. The van der Waals surface area contributed by atoms with Gasteiger partial charge in [0.2, 0.25) is 0 Å². The number of rotatable bonds is 5. The summed E-state index contributed by atoms with van der Waals surface area (Å²) >= 11 is 0. The fourth-order valence-electron chi connectivity index (χ4n) is 0.792. The van der Waals surface area contributed by atoms with Crippen LogP contribution < -0.4 is 0 Å². The average Bonchev–Trinajstić information content (AvgIpc) is 2.11. The largest absolute Gasteiger partial charge is 0.469 e. The highest BCUT2D eigenvalue weighted by atomic mass is 16.5. The molecule has 68 valence electrons. The van der Waals surface area contributed by atoms with Gasteiger partial charge in [-0.25, -0.2) is 0 Å². The number of hydrogen-bond donors (Lipinski definition) is 1. The maximum atomic E-state index is 10.6. The number of esters is 1. The van der Waals surface area contributed by atoms with Crippen molar-refractivity contribution >= 4 is 5.97 Å². The van der Waals surface area contributed by atoms with E-state index in [9.17, 15) is 4.79 Å². The molecular weight excluding hydrogens is 156 g/mol. The van der Waals surface area contributed by atoms with Crippen LogP contribution >= 0.6 is 0 Å². The van der Waals surface area contributed by atoms with Crippen molar-refractivity contribution in [3.63, 3.8) is 0 Å². The Labute approximate surface area is 72.7 Å². The number of aliphatic hydroxyl groups is 1. The van der Waals surface area contributed by atoms with Gasteiger partial charge >= 0.3 is 5.97 Å². The summed E-state index contributed by atoms with van der Waals surface area (Å²) in [6, 6.07) is 0. The first kappa shape index (κ1) is 11.0. The van der Waals surface area contributed by atoms with Crippen molar-refractivity contribution in [2.75, 3.05) is 7.11 Å². The molecule has 0 saturated heterocycles. The molecule has 0 saturated carbocycles. The second-order valence-corrected chi connectivity index (χ2v) is 2.50. The molecule has 0 amide bonds. The summed E-state index contributed by atoms with van der Waals surface area (Å²) in [5.41, 5.74) is 0. The molecule has 0 heterocycles. The molecule has 3 heteroatoms. The van der Waals surface area contributed by atoms with E-state index < -0.39 is 6.10 Å². The first-order chi connectivity index (χ1) is 5.70. The van der Waals surface area contributed by atoms with Crippen LogP contribution in [0, 0.1) is 12.3 Å². The summed E-state index contributed by atoms with van der Waals surface area (Å²) in [5.74, 6) is 1.99. The van der Waals surface area contributed by atoms with E-state index in [0.717, 1.165) is 6.42 Å². The minimum absolute atomic E-state index is 0.217. The normalized spacial score (nSPS) is 11.8. The molecular formula is C9H14O3. The number of methoxy groups -OCH3 is 1. The molecule has 0 aliphatic carbocycles. The van der Waals surface area contributed by atoms with E-state index in [-0.39, 0.29) is 5.97 Å². The summed E-state index contributed by atoms with van der Waals surface area (Å²) in [6.45, 7) is 0. The van der Waals surface area contributed by atoms with Gasteiger partial charge in [-0.1, -0.05) is 5.92 Å². The van der Waals surface area contributed by atoms with E-state index in [1.54, 1.807) is 0 Å². The molecule has 1 unspecified atom stereocenters. The number of unbranched alkanes of at least 4 members (excludes halogenated alkanes) is 1. The van der Waals surface area contributed by atoms with Crippen molar-refractivity contribution in [3.8, 4) is 12.3 Å². The molecule has 0 aromatic heterocycles. The molecule has 0 aromatic carbocycles. The Balaban J connectivity index is 3.23. The van der Waals surface area contributed by atoms with Gasteiger partial charge in [-0.05, 0) is 19.3 Å². The third kappa shape index (κ3) is 5.75. The van der Waals surface area contributed by atoms with Crippen molar-refractivity contribution in [2.45, 2.75) is 31.8 Å². The minimum atomic E-state index is -0.678. The molecule has 0 aliphatic heterocycles. The summed E-state index contributed by atoms with van der Waals surface area (Å²) < 4.78 is 4.44. The van der Waals surface area contributed by atoms with Gasteiger partial charge in [-0.2, -0.15) is 0 Å². The van der Waals surface area contributed by atoms with Gasteiger partial charge < -0.3 is 9.84 Å². The standard InChI is InChI=1S/C9H14O3/c1-3-8(10)6-4-5-7-9(11)12-2/h1,8,10H,4-7H2,2H3. The zero-order chi connectivity index (χ0) is 9.40. The van der Waals surface area contributed by atoms with Crippen molar-refractivity contribution in [2.24, 2.45) is 0 Å². The van der Waals surface area contributed by atoms with Crippen molar-refractivity contribution in [1.29, 1.82) is 0 Å². The highest BCUT2D eigenvalue weighted by Gasteiger charge is 2.01. The number of terminal acetylenes is 1. The fraction of sp³-hybridized carbons (Fsp3) is 0.667. The Bertz CT molecular complexity index is 169. The van der Waals surface area contributed by atoms with E-state index in [4.69, 9.17) is 11.5 Å². The lowest BCUT2D eigenvalue weighted by Gasteiger charge is -2.01. The Kier molecular flexibility index (Phi) is 6.12. The average molecular weight is 170 g/mol. The number of carbonyl (C=O) groups excluding carboxylic acids is 1. The Morgan fingerprint density at radius 3 is 2.83 bits per heavy atom. The zero-order valence-corrected chi connectivity index (χ0v) is 7.25. The van der Waals surface area contributed by atoms with Gasteiger partial charge in [0.05, 0.1) is 7.11 Å². The summed E-state index contributed by atoms with van der Waals surface area (Å²) in [5, 5.41) is 8.93. The Morgan fingerprint density at radius 1 is 1.67 bits per heavy atom. The lowest BCUT2D eigenvalue weighted by molar-refractivity contribution is -0.140. The van der Waals surface area contributed by atoms with Crippen molar-refractivity contribution < 1.29 is 14.6 Å². The topological polar surface area (TPSA) is 46.5 Å². The van der Waals surface area contributed by atoms with Crippen molar-refractivity contribution in [3.05, 3.63) is 0 Å². The summed E-state index contributed by atoms with van der Waals surface area (Å²) in [4.78, 5) is 10.6. The Hall–Kier alpha value is -1.01. The van der Waals surface area contributed by atoms with Crippen LogP contribution in [0.2, 0.25) is 0 Å². The van der Waals surface area contributed by atoms with Crippen molar-refractivity contribution in [1.82, 2.24) is 0 Å². The monoisotopic (exact) mass is 170 g/mol. The number of carbonyl (C=O) groups is 1. The van der Waals surface area contributed by atoms with Gasteiger partial charge in [0.25, 0.3) is 0 Å². The van der Waals surface area contributed by atoms with E-state index >= 15 is 0 Å². The molecule has 12 heavy (non-hydrogen) atoms. The highest BCUT2D eigenvalue weighted by molar-refractivity contribution is 5.68. The van der Waals surface area contributed by atoms with E-state index in [0.29, 0.717) is 19.3 Å². The van der Waals surface area contributed by atoms with E-state index in [2.05, 4.69) is 10.7 Å². The van der Waals surface area contributed by atoms with E-state index in [1.807, 2.05) is 0 Å². The van der Waals surface area contributed by atoms with Crippen LogP contribution in [0.25, 0.3) is 0 Å². The summed E-state index contributed by atoms with van der Waals surface area (Å²) in [6.07, 6.45) is 6.68. The van der Waals surface area contributed by atoms with Crippen LogP contribution in [0.4, 0.5) is 0 Å². The molecule has 0 radical (unpaired) electrons. The maximum Gasteiger partial charge on any atom is 0.305 e. The second-order valence-electron chi connectivity index (χ2n) is 2.50. The SMILES string of the molecule is C#CC(O)CCCCC(=O)OC. The molecule has 1 atom stereocenters. The number of ether oxygens (including phenoxy) is 1. The molecule has 0 spiro atoms. The van der Waals surface area contributed by atoms with Crippen LogP contribution in [0.15, 0.2) is 0 Å². The maximum absolute atomic E-state index is 10.6. The number of aliphatic hydroxyl groups excluding tert-OH is 1. The van der Waals surface area contributed by atoms with Gasteiger partial charge in [0.15, 0.2) is 0 Å².